The van der Waals surface area contributed by atoms with Crippen LogP contribution in [0.1, 0.15) is 0 Å². The van der Waals surface area contributed by atoms with E-state index in [1.54, 1.807) is 0 Å². The van der Waals surface area contributed by atoms with Crippen LogP contribution in [0.25, 0.3) is 0 Å². The Bertz CT molecular complexity index is 413. The van der Waals surface area contributed by atoms with Gasteiger partial charge in [0.1, 0.15) is 5.57 Å². The van der Waals surface area contributed by atoms with Crippen molar-refractivity contribution in [3.05, 3.63) is 11.3 Å². The Balaban J connectivity index is 1.82. The van der Waals surface area contributed by atoms with Crippen molar-refractivity contribution in [1.82, 2.24) is 14.7 Å². The number of amides is 1. The van der Waals surface area contributed by atoms with E-state index in [-0.39, 0.29) is 12.1 Å². The van der Waals surface area contributed by atoms with Crippen molar-refractivity contribution >= 4 is 11.9 Å². The Labute approximate surface area is 111 Å². The van der Waals surface area contributed by atoms with Crippen LogP contribution < -0.4 is 0 Å². The molecule has 1 saturated heterocycles. The maximum Gasteiger partial charge on any atom is 0.337 e. The Kier molecular flexibility index (Phi) is 4.06. The van der Waals surface area contributed by atoms with Crippen LogP contribution in [-0.2, 0) is 9.59 Å². The lowest BCUT2D eigenvalue weighted by Crippen LogP contribution is -2.47. The molecule has 0 spiro atoms. The minimum absolute atomic E-state index is 0.00621. The Morgan fingerprint density at radius 1 is 1.21 bits per heavy atom. The van der Waals surface area contributed by atoms with Gasteiger partial charge in [-0.25, -0.2) is 4.79 Å². The van der Waals surface area contributed by atoms with E-state index in [1.165, 1.54) is 4.90 Å². The molecule has 106 valence electrons. The molecule has 0 bridgehead atoms. The second-order valence-electron chi connectivity index (χ2n) is 5.00. The summed E-state index contributed by atoms with van der Waals surface area (Å²) in [6.07, 6.45) is 0. The van der Waals surface area contributed by atoms with Crippen LogP contribution in [-0.4, -0.2) is 89.7 Å². The van der Waals surface area contributed by atoms with Crippen molar-refractivity contribution in [2.75, 3.05) is 52.9 Å². The molecule has 0 unspecified atom stereocenters. The molecule has 2 heterocycles. The zero-order chi connectivity index (χ0) is 14.0. The molecule has 1 amide bonds. The number of piperazine rings is 1. The lowest BCUT2D eigenvalue weighted by Gasteiger charge is -2.33. The summed E-state index contributed by atoms with van der Waals surface area (Å²) < 4.78 is 0. The highest BCUT2D eigenvalue weighted by Crippen LogP contribution is 2.17. The zero-order valence-corrected chi connectivity index (χ0v) is 11.0. The van der Waals surface area contributed by atoms with Crippen molar-refractivity contribution in [1.29, 1.82) is 0 Å². The molecule has 2 aliphatic heterocycles. The van der Waals surface area contributed by atoms with Gasteiger partial charge in [-0.1, -0.05) is 0 Å². The first-order valence-electron chi connectivity index (χ1n) is 6.34. The van der Waals surface area contributed by atoms with Gasteiger partial charge in [0.2, 0.25) is 0 Å². The highest BCUT2D eigenvalue weighted by molar-refractivity contribution is 6.04. The van der Waals surface area contributed by atoms with Gasteiger partial charge in [-0.2, -0.15) is 0 Å². The number of aliphatic carboxylic acids is 1. The summed E-state index contributed by atoms with van der Waals surface area (Å²) in [5, 5.41) is 18.3. The van der Waals surface area contributed by atoms with Gasteiger partial charge < -0.3 is 20.0 Å². The molecule has 0 aromatic carbocycles. The Hall–Kier alpha value is -1.60. The fraction of sp³-hybridized carbons (Fsp3) is 0.667. The number of aliphatic hydroxyl groups excluding tert-OH is 1. The van der Waals surface area contributed by atoms with E-state index in [9.17, 15) is 14.7 Å². The smallest absolute Gasteiger partial charge is 0.337 e. The van der Waals surface area contributed by atoms with Crippen molar-refractivity contribution < 1.29 is 19.8 Å². The molecule has 0 atom stereocenters. The van der Waals surface area contributed by atoms with E-state index in [4.69, 9.17) is 5.11 Å². The summed E-state index contributed by atoms with van der Waals surface area (Å²) in [5.74, 6) is -2.43. The average molecular weight is 269 g/mol. The number of hydrogen-bond donors (Lipinski definition) is 2. The largest absolute Gasteiger partial charge is 0.503 e. The third-order valence-corrected chi connectivity index (χ3v) is 3.66. The summed E-state index contributed by atoms with van der Waals surface area (Å²) in [7, 11) is 2.07. The summed E-state index contributed by atoms with van der Waals surface area (Å²) in [6.45, 7) is 5.04. The molecule has 0 saturated carbocycles. The molecular weight excluding hydrogens is 250 g/mol. The number of rotatable bonds is 4. The molecule has 2 N–H and O–H groups in total. The number of aliphatic hydroxyl groups is 1. The van der Waals surface area contributed by atoms with E-state index in [2.05, 4.69) is 16.8 Å². The molecule has 2 aliphatic rings. The van der Waals surface area contributed by atoms with Crippen LogP contribution in [0.4, 0.5) is 0 Å². The normalized spacial score (nSPS) is 22.4. The first-order chi connectivity index (χ1) is 8.99. The number of carboxylic acids is 1. The van der Waals surface area contributed by atoms with E-state index in [0.717, 1.165) is 26.2 Å². The molecule has 7 nitrogen and oxygen atoms in total. The molecule has 7 heteroatoms. The van der Waals surface area contributed by atoms with Crippen LogP contribution >= 0.6 is 0 Å². The molecule has 0 radical (unpaired) electrons. The minimum Gasteiger partial charge on any atom is -0.503 e. The Morgan fingerprint density at radius 2 is 1.84 bits per heavy atom. The van der Waals surface area contributed by atoms with Crippen LogP contribution in [0.3, 0.4) is 0 Å². The van der Waals surface area contributed by atoms with Gasteiger partial charge in [0.25, 0.3) is 5.91 Å². The van der Waals surface area contributed by atoms with Crippen molar-refractivity contribution in [2.45, 2.75) is 0 Å². The van der Waals surface area contributed by atoms with Gasteiger partial charge in [0, 0.05) is 39.3 Å². The number of nitrogens with zero attached hydrogens (tertiary/aromatic N) is 3. The van der Waals surface area contributed by atoms with Crippen LogP contribution in [0.5, 0.6) is 0 Å². The Morgan fingerprint density at radius 3 is 2.37 bits per heavy atom. The predicted molar refractivity (Wildman–Crippen MR) is 67.8 cm³/mol. The van der Waals surface area contributed by atoms with E-state index in [0.29, 0.717) is 13.1 Å². The second-order valence-corrected chi connectivity index (χ2v) is 5.00. The van der Waals surface area contributed by atoms with Gasteiger partial charge in [-0.05, 0) is 7.05 Å². The number of likely N-dealkylation sites (N-methyl/N-ethyl adjacent to an activating group) is 1. The molecule has 0 aromatic rings. The van der Waals surface area contributed by atoms with E-state index >= 15 is 0 Å². The maximum atomic E-state index is 11.7. The number of carbonyl (C=O) groups is 2. The van der Waals surface area contributed by atoms with Crippen LogP contribution in [0, 0.1) is 0 Å². The first kappa shape index (κ1) is 13.8. The van der Waals surface area contributed by atoms with Crippen molar-refractivity contribution in [3.8, 4) is 0 Å². The van der Waals surface area contributed by atoms with Crippen LogP contribution in [0.2, 0.25) is 0 Å². The van der Waals surface area contributed by atoms with Crippen molar-refractivity contribution in [2.24, 2.45) is 0 Å². The maximum absolute atomic E-state index is 11.7. The first-order valence-corrected chi connectivity index (χ1v) is 6.34. The second kappa shape index (κ2) is 5.58. The number of carbonyl (C=O) groups excluding carboxylic acids is 1. The summed E-state index contributed by atoms with van der Waals surface area (Å²) in [4.78, 5) is 28.4. The van der Waals surface area contributed by atoms with Crippen LogP contribution in [0.15, 0.2) is 11.3 Å². The predicted octanol–water partition coefficient (Wildman–Crippen LogP) is -1.03. The minimum atomic E-state index is -1.23. The van der Waals surface area contributed by atoms with Gasteiger partial charge in [-0.15, -0.1) is 0 Å². The highest BCUT2D eigenvalue weighted by atomic mass is 16.4. The average Bonchev–Trinajstić information content (AvgIpc) is 2.66. The highest BCUT2D eigenvalue weighted by Gasteiger charge is 2.33. The van der Waals surface area contributed by atoms with E-state index < -0.39 is 17.6 Å². The van der Waals surface area contributed by atoms with Gasteiger partial charge in [-0.3, -0.25) is 9.69 Å². The molecule has 0 aliphatic carbocycles. The fourth-order valence-electron chi connectivity index (χ4n) is 2.30. The lowest BCUT2D eigenvalue weighted by atomic mass is 10.3. The monoisotopic (exact) mass is 269 g/mol. The number of carboxylic acid groups (broad SMARTS) is 1. The summed E-state index contributed by atoms with van der Waals surface area (Å²) >= 11 is 0. The summed E-state index contributed by atoms with van der Waals surface area (Å²) in [5.41, 5.74) is -0.205. The molecular formula is C12H19N3O4. The molecule has 19 heavy (non-hydrogen) atoms. The third-order valence-electron chi connectivity index (χ3n) is 3.66. The number of hydrogen-bond acceptors (Lipinski definition) is 5. The lowest BCUT2D eigenvalue weighted by molar-refractivity contribution is -0.133. The molecule has 1 fully saturated rings. The fourth-order valence-corrected chi connectivity index (χ4v) is 2.30. The standard InChI is InChI=1S/C12H19N3O4/c1-13-2-4-14(5-3-13)6-7-15-8-9(12(18)19)10(16)11(15)17/h16H,2-8H2,1H3,(H,18,19). The molecule has 0 aromatic heterocycles. The van der Waals surface area contributed by atoms with Gasteiger partial charge in [0.05, 0.1) is 6.54 Å². The summed E-state index contributed by atoms with van der Waals surface area (Å²) in [6, 6.07) is 0. The van der Waals surface area contributed by atoms with E-state index in [1.807, 2.05) is 0 Å². The molecule has 2 rings (SSSR count). The zero-order valence-electron chi connectivity index (χ0n) is 11.0. The topological polar surface area (TPSA) is 84.3 Å². The van der Waals surface area contributed by atoms with Gasteiger partial charge >= 0.3 is 5.97 Å². The van der Waals surface area contributed by atoms with Crippen molar-refractivity contribution in [3.63, 3.8) is 0 Å². The SMILES string of the molecule is CN1CCN(CCN2CC(C(=O)O)=C(O)C2=O)CC1. The third kappa shape index (κ3) is 3.05. The quantitative estimate of drug-likeness (QED) is 0.679. The van der Waals surface area contributed by atoms with Gasteiger partial charge in [0.15, 0.2) is 5.76 Å².